The zero-order valence-corrected chi connectivity index (χ0v) is 10.3. The Morgan fingerprint density at radius 3 is 2.71 bits per heavy atom. The molecular weight excluding hydrogens is 241 g/mol. The minimum absolute atomic E-state index is 0.290. The Bertz CT molecular complexity index is 539. The molecule has 1 aromatic heterocycles. The van der Waals surface area contributed by atoms with Gasteiger partial charge in [0.05, 0.1) is 28.9 Å². The Morgan fingerprint density at radius 1 is 1.35 bits per heavy atom. The molecule has 1 heterocycles. The molecule has 2 N–H and O–H groups in total. The second kappa shape index (κ2) is 4.71. The van der Waals surface area contributed by atoms with Gasteiger partial charge in [0.2, 0.25) is 0 Å². The highest BCUT2D eigenvalue weighted by Crippen LogP contribution is 2.36. The number of nitrogens with two attached hydrogens (primary N) is 1. The van der Waals surface area contributed by atoms with Crippen LogP contribution in [0.5, 0.6) is 5.75 Å². The third-order valence-corrected chi connectivity index (χ3v) is 3.49. The average molecular weight is 253 g/mol. The molecule has 0 aliphatic rings. The Morgan fingerprint density at radius 2 is 2.12 bits per heavy atom. The van der Waals surface area contributed by atoms with Crippen LogP contribution in [-0.2, 0) is 0 Å². The van der Waals surface area contributed by atoms with E-state index in [1.165, 1.54) is 24.9 Å². The molecule has 1 aromatic carbocycles. The van der Waals surface area contributed by atoms with E-state index in [4.69, 9.17) is 14.9 Å². The van der Waals surface area contributed by atoms with Crippen molar-refractivity contribution in [2.75, 3.05) is 12.8 Å². The van der Waals surface area contributed by atoms with Gasteiger partial charge in [-0.3, -0.25) is 0 Å². The fourth-order valence-corrected chi connectivity index (χ4v) is 2.28. The lowest BCUT2D eigenvalue weighted by Crippen LogP contribution is -1.94. The predicted molar refractivity (Wildman–Crippen MR) is 64.9 cm³/mol. The number of benzene rings is 1. The largest absolute Gasteiger partial charge is 0.495 e. The van der Waals surface area contributed by atoms with Crippen molar-refractivity contribution < 1.29 is 13.5 Å². The van der Waals surface area contributed by atoms with E-state index in [1.54, 1.807) is 18.4 Å². The SMILES string of the molecule is COc1cc(Sc2ccoc2C)c(F)cc1N. The molecule has 0 saturated heterocycles. The van der Waals surface area contributed by atoms with Gasteiger partial charge in [0, 0.05) is 6.07 Å². The second-order valence-electron chi connectivity index (χ2n) is 3.47. The van der Waals surface area contributed by atoms with Gasteiger partial charge >= 0.3 is 0 Å². The van der Waals surface area contributed by atoms with Crippen LogP contribution in [0.2, 0.25) is 0 Å². The summed E-state index contributed by atoms with van der Waals surface area (Å²) in [4.78, 5) is 1.33. The van der Waals surface area contributed by atoms with E-state index in [1.807, 2.05) is 6.92 Å². The molecule has 2 aromatic rings. The Labute approximate surface area is 103 Å². The van der Waals surface area contributed by atoms with E-state index in [0.29, 0.717) is 16.3 Å². The van der Waals surface area contributed by atoms with Gasteiger partial charge < -0.3 is 14.9 Å². The van der Waals surface area contributed by atoms with Gasteiger partial charge in [-0.1, -0.05) is 11.8 Å². The van der Waals surface area contributed by atoms with Crippen LogP contribution < -0.4 is 10.5 Å². The highest BCUT2D eigenvalue weighted by atomic mass is 32.2. The summed E-state index contributed by atoms with van der Waals surface area (Å²) >= 11 is 1.28. The van der Waals surface area contributed by atoms with Crippen molar-refractivity contribution >= 4 is 17.4 Å². The number of hydrogen-bond donors (Lipinski definition) is 1. The van der Waals surface area contributed by atoms with Crippen molar-refractivity contribution in [1.82, 2.24) is 0 Å². The molecule has 90 valence electrons. The molecule has 3 nitrogen and oxygen atoms in total. The van der Waals surface area contributed by atoms with E-state index >= 15 is 0 Å². The Hall–Kier alpha value is -1.62. The number of nitrogen functional groups attached to an aromatic ring is 1. The van der Waals surface area contributed by atoms with Gasteiger partial charge in [-0.15, -0.1) is 0 Å². The summed E-state index contributed by atoms with van der Waals surface area (Å²) < 4.78 is 23.9. The molecule has 0 amide bonds. The summed E-state index contributed by atoms with van der Waals surface area (Å²) in [5.41, 5.74) is 5.90. The van der Waals surface area contributed by atoms with Crippen LogP contribution in [0.3, 0.4) is 0 Å². The van der Waals surface area contributed by atoms with Gasteiger partial charge in [-0.2, -0.15) is 0 Å². The van der Waals surface area contributed by atoms with Crippen LogP contribution in [0.1, 0.15) is 5.76 Å². The number of hydrogen-bond acceptors (Lipinski definition) is 4. The first-order valence-corrected chi connectivity index (χ1v) is 5.78. The summed E-state index contributed by atoms with van der Waals surface area (Å²) in [5.74, 6) is 0.856. The number of aryl methyl sites for hydroxylation is 1. The molecular formula is C12H12FNO2S. The van der Waals surface area contributed by atoms with Crippen LogP contribution in [0.25, 0.3) is 0 Å². The number of anilines is 1. The van der Waals surface area contributed by atoms with Gasteiger partial charge in [0.15, 0.2) is 0 Å². The molecule has 0 bridgehead atoms. The number of rotatable bonds is 3. The lowest BCUT2D eigenvalue weighted by molar-refractivity contribution is 0.414. The maximum absolute atomic E-state index is 13.7. The monoisotopic (exact) mass is 253 g/mol. The quantitative estimate of drug-likeness (QED) is 0.851. The highest BCUT2D eigenvalue weighted by molar-refractivity contribution is 7.99. The smallest absolute Gasteiger partial charge is 0.143 e. The number of methoxy groups -OCH3 is 1. The van der Waals surface area contributed by atoms with Gasteiger partial charge in [-0.05, 0) is 19.1 Å². The zero-order chi connectivity index (χ0) is 12.4. The molecule has 0 spiro atoms. The summed E-state index contributed by atoms with van der Waals surface area (Å²) in [7, 11) is 1.50. The molecule has 17 heavy (non-hydrogen) atoms. The van der Waals surface area contributed by atoms with Crippen molar-refractivity contribution in [3.63, 3.8) is 0 Å². The van der Waals surface area contributed by atoms with E-state index in [-0.39, 0.29) is 5.82 Å². The van der Waals surface area contributed by atoms with Crippen molar-refractivity contribution in [3.8, 4) is 5.75 Å². The first-order chi connectivity index (χ1) is 8.11. The predicted octanol–water partition coefficient (Wildman–Crippen LogP) is 3.47. The zero-order valence-electron chi connectivity index (χ0n) is 9.49. The van der Waals surface area contributed by atoms with Crippen molar-refractivity contribution in [2.45, 2.75) is 16.7 Å². The standard InChI is InChI=1S/C12H12FNO2S/c1-7-11(3-4-16-7)17-12-6-10(15-2)9(14)5-8(12)13/h3-6H,14H2,1-2H3. The first kappa shape index (κ1) is 11.9. The molecule has 0 unspecified atom stereocenters. The topological polar surface area (TPSA) is 48.4 Å². The summed E-state index contributed by atoms with van der Waals surface area (Å²) in [6.45, 7) is 1.83. The van der Waals surface area contributed by atoms with Crippen LogP contribution >= 0.6 is 11.8 Å². The third kappa shape index (κ3) is 2.39. The van der Waals surface area contributed by atoms with Crippen LogP contribution in [0, 0.1) is 12.7 Å². The molecule has 5 heteroatoms. The molecule has 0 radical (unpaired) electrons. The fourth-order valence-electron chi connectivity index (χ4n) is 1.40. The minimum atomic E-state index is -0.367. The van der Waals surface area contributed by atoms with Crippen molar-refractivity contribution in [3.05, 3.63) is 36.0 Å². The first-order valence-electron chi connectivity index (χ1n) is 4.96. The van der Waals surface area contributed by atoms with Crippen molar-refractivity contribution in [2.24, 2.45) is 0 Å². The van der Waals surface area contributed by atoms with Gasteiger partial charge in [0.25, 0.3) is 0 Å². The molecule has 2 rings (SSSR count). The number of halogens is 1. The van der Waals surface area contributed by atoms with Gasteiger partial charge in [0.1, 0.15) is 17.3 Å². The minimum Gasteiger partial charge on any atom is -0.495 e. The Balaban J connectivity index is 2.36. The summed E-state index contributed by atoms with van der Waals surface area (Å²) in [6.07, 6.45) is 1.57. The van der Waals surface area contributed by atoms with Crippen LogP contribution in [-0.4, -0.2) is 7.11 Å². The van der Waals surface area contributed by atoms with E-state index in [0.717, 1.165) is 10.7 Å². The van der Waals surface area contributed by atoms with Crippen LogP contribution in [0.4, 0.5) is 10.1 Å². The summed E-state index contributed by atoms with van der Waals surface area (Å²) in [6, 6.07) is 4.64. The fraction of sp³-hybridized carbons (Fsp3) is 0.167. The van der Waals surface area contributed by atoms with E-state index in [9.17, 15) is 4.39 Å². The second-order valence-corrected chi connectivity index (χ2v) is 4.55. The van der Waals surface area contributed by atoms with Crippen LogP contribution in [0.15, 0.2) is 38.7 Å². The number of furan rings is 1. The van der Waals surface area contributed by atoms with E-state index < -0.39 is 0 Å². The molecule has 0 fully saturated rings. The normalized spacial score (nSPS) is 10.5. The molecule has 0 atom stereocenters. The Kier molecular flexibility index (Phi) is 3.28. The number of ether oxygens (including phenoxy) is 1. The maximum atomic E-state index is 13.7. The molecule has 0 aliphatic carbocycles. The molecule has 0 saturated carbocycles. The lowest BCUT2D eigenvalue weighted by atomic mass is 10.3. The lowest BCUT2D eigenvalue weighted by Gasteiger charge is -2.08. The highest BCUT2D eigenvalue weighted by Gasteiger charge is 2.12. The van der Waals surface area contributed by atoms with Gasteiger partial charge in [-0.25, -0.2) is 4.39 Å². The third-order valence-electron chi connectivity index (χ3n) is 2.32. The average Bonchev–Trinajstić information content (AvgIpc) is 2.68. The van der Waals surface area contributed by atoms with Crippen molar-refractivity contribution in [1.29, 1.82) is 0 Å². The maximum Gasteiger partial charge on any atom is 0.143 e. The molecule has 0 aliphatic heterocycles. The summed E-state index contributed by atoms with van der Waals surface area (Å²) in [5, 5.41) is 0. The van der Waals surface area contributed by atoms with E-state index in [2.05, 4.69) is 0 Å².